The van der Waals surface area contributed by atoms with Crippen LogP contribution in [0.2, 0.25) is 0 Å². The van der Waals surface area contributed by atoms with Gasteiger partial charge >= 0.3 is 0 Å². The van der Waals surface area contributed by atoms with E-state index in [1.807, 2.05) is 0 Å². The second-order valence-corrected chi connectivity index (χ2v) is 11.6. The van der Waals surface area contributed by atoms with Crippen molar-refractivity contribution < 1.29 is 22.6 Å². The first-order valence-corrected chi connectivity index (χ1v) is 13.7. The minimum absolute atomic E-state index is 0.0774. The standard InChI is InChI=1S/C27H34F3IO2/c1-2-32-22-14-11-20-15-23(26(29)27(30)24(20)25(22)28)33-16-19-7-5-17(6-8-19)3-4-18-9-12-21(31)13-10-18/h11,14-15,17-19,21H,2-10,12-13,16H2,1H3. The van der Waals surface area contributed by atoms with Crippen molar-refractivity contribution in [3.8, 4) is 11.5 Å². The maximum Gasteiger partial charge on any atom is 0.201 e. The first-order valence-electron chi connectivity index (χ1n) is 12.5. The highest BCUT2D eigenvalue weighted by Crippen LogP contribution is 2.38. The summed E-state index contributed by atoms with van der Waals surface area (Å²) in [6.07, 6.45) is 12.7. The lowest BCUT2D eigenvalue weighted by Crippen LogP contribution is -2.21. The van der Waals surface area contributed by atoms with Gasteiger partial charge in [-0.15, -0.1) is 0 Å². The number of ether oxygens (including phenoxy) is 2. The third-order valence-corrected chi connectivity index (χ3v) is 8.80. The molecule has 0 amide bonds. The largest absolute Gasteiger partial charge is 0.491 e. The fourth-order valence-corrected chi connectivity index (χ4v) is 6.21. The Kier molecular flexibility index (Phi) is 8.69. The van der Waals surface area contributed by atoms with Gasteiger partial charge in [-0.05, 0) is 80.7 Å². The summed E-state index contributed by atoms with van der Waals surface area (Å²) in [4.78, 5) is 0. The SMILES string of the molecule is CCOc1ccc2cc(OCC3CCC(CCC4CCC(I)CC4)CC3)c(F)c(F)c2c1F. The van der Waals surface area contributed by atoms with Crippen LogP contribution in [0.1, 0.15) is 71.1 Å². The van der Waals surface area contributed by atoms with Gasteiger partial charge in [0.05, 0.1) is 18.6 Å². The molecular formula is C27H34F3IO2. The first kappa shape index (κ1) is 24.9. The Morgan fingerprint density at radius 1 is 0.758 bits per heavy atom. The third kappa shape index (κ3) is 6.09. The number of rotatable bonds is 8. The third-order valence-electron chi connectivity index (χ3n) is 7.55. The zero-order valence-corrected chi connectivity index (χ0v) is 21.5. The van der Waals surface area contributed by atoms with Crippen LogP contribution in [0, 0.1) is 35.2 Å². The van der Waals surface area contributed by atoms with Gasteiger partial charge in [0.1, 0.15) is 0 Å². The molecule has 0 saturated heterocycles. The molecule has 0 heterocycles. The van der Waals surface area contributed by atoms with Crippen molar-refractivity contribution in [2.75, 3.05) is 13.2 Å². The van der Waals surface area contributed by atoms with Crippen molar-refractivity contribution in [1.29, 1.82) is 0 Å². The minimum Gasteiger partial charge on any atom is -0.491 e. The van der Waals surface area contributed by atoms with Crippen LogP contribution in [0.5, 0.6) is 11.5 Å². The Morgan fingerprint density at radius 3 is 2.00 bits per heavy atom. The van der Waals surface area contributed by atoms with E-state index in [4.69, 9.17) is 9.47 Å². The van der Waals surface area contributed by atoms with E-state index in [0.717, 1.165) is 28.6 Å². The molecule has 0 aliphatic heterocycles. The molecule has 0 unspecified atom stereocenters. The van der Waals surface area contributed by atoms with Crippen molar-refractivity contribution in [2.24, 2.45) is 17.8 Å². The van der Waals surface area contributed by atoms with Crippen LogP contribution in [-0.4, -0.2) is 17.1 Å². The molecule has 2 aromatic carbocycles. The molecule has 2 nitrogen and oxygen atoms in total. The van der Waals surface area contributed by atoms with E-state index in [9.17, 15) is 13.2 Å². The van der Waals surface area contributed by atoms with Gasteiger partial charge < -0.3 is 9.47 Å². The Morgan fingerprint density at radius 2 is 1.36 bits per heavy atom. The zero-order valence-electron chi connectivity index (χ0n) is 19.4. The average Bonchev–Trinajstić information content (AvgIpc) is 2.82. The van der Waals surface area contributed by atoms with Crippen molar-refractivity contribution in [2.45, 2.75) is 75.1 Å². The molecule has 2 saturated carbocycles. The van der Waals surface area contributed by atoms with E-state index in [2.05, 4.69) is 22.6 Å². The lowest BCUT2D eigenvalue weighted by atomic mass is 9.77. The summed E-state index contributed by atoms with van der Waals surface area (Å²) in [7, 11) is 0. The van der Waals surface area contributed by atoms with Crippen LogP contribution in [0.4, 0.5) is 13.2 Å². The van der Waals surface area contributed by atoms with Gasteiger partial charge in [0.2, 0.25) is 5.82 Å². The summed E-state index contributed by atoms with van der Waals surface area (Å²) < 4.78 is 55.6. The van der Waals surface area contributed by atoms with Gasteiger partial charge in [-0.25, -0.2) is 8.78 Å². The van der Waals surface area contributed by atoms with Crippen LogP contribution in [0.25, 0.3) is 10.8 Å². The molecule has 0 bridgehead atoms. The minimum atomic E-state index is -1.22. The second kappa shape index (κ2) is 11.5. The fraction of sp³-hybridized carbons (Fsp3) is 0.630. The molecule has 2 aliphatic carbocycles. The van der Waals surface area contributed by atoms with Gasteiger partial charge in [-0.2, -0.15) is 4.39 Å². The van der Waals surface area contributed by atoms with Crippen LogP contribution < -0.4 is 9.47 Å². The van der Waals surface area contributed by atoms with Gasteiger partial charge in [-0.1, -0.05) is 54.3 Å². The molecule has 2 fully saturated rings. The number of fused-ring (bicyclic) bond motifs is 1. The number of hydrogen-bond donors (Lipinski definition) is 0. The summed E-state index contributed by atoms with van der Waals surface area (Å²) in [5.74, 6) is -1.40. The van der Waals surface area contributed by atoms with Crippen molar-refractivity contribution in [3.63, 3.8) is 0 Å². The molecule has 4 rings (SSSR count). The predicted octanol–water partition coefficient (Wildman–Crippen LogP) is 8.62. The summed E-state index contributed by atoms with van der Waals surface area (Å²) in [5, 5.41) is -0.122. The van der Waals surface area contributed by atoms with Crippen molar-refractivity contribution in [1.82, 2.24) is 0 Å². The lowest BCUT2D eigenvalue weighted by molar-refractivity contribution is 0.168. The van der Waals surface area contributed by atoms with E-state index < -0.39 is 22.8 Å². The Balaban J connectivity index is 1.29. The molecule has 182 valence electrons. The normalized spacial score (nSPS) is 25.8. The van der Waals surface area contributed by atoms with Gasteiger partial charge in [0.15, 0.2) is 23.1 Å². The van der Waals surface area contributed by atoms with Gasteiger partial charge in [-0.3, -0.25) is 0 Å². The van der Waals surface area contributed by atoms with E-state index in [1.54, 1.807) is 6.92 Å². The smallest absolute Gasteiger partial charge is 0.201 e. The van der Waals surface area contributed by atoms with Gasteiger partial charge in [0.25, 0.3) is 0 Å². The molecule has 33 heavy (non-hydrogen) atoms. The molecule has 0 atom stereocenters. The highest BCUT2D eigenvalue weighted by molar-refractivity contribution is 14.1. The topological polar surface area (TPSA) is 18.5 Å². The molecule has 0 spiro atoms. The monoisotopic (exact) mass is 574 g/mol. The highest BCUT2D eigenvalue weighted by atomic mass is 127. The second-order valence-electron chi connectivity index (χ2n) is 9.80. The molecular weight excluding hydrogens is 540 g/mol. The van der Waals surface area contributed by atoms with Crippen LogP contribution in [0.15, 0.2) is 18.2 Å². The highest BCUT2D eigenvalue weighted by Gasteiger charge is 2.26. The molecule has 0 aromatic heterocycles. The maximum atomic E-state index is 14.7. The Labute approximate surface area is 208 Å². The summed E-state index contributed by atoms with van der Waals surface area (Å²) in [6, 6.07) is 4.37. The Bertz CT molecular complexity index is 935. The summed E-state index contributed by atoms with van der Waals surface area (Å²) in [6.45, 7) is 2.32. The fourth-order valence-electron chi connectivity index (χ4n) is 5.49. The molecule has 0 N–H and O–H groups in total. The molecule has 0 radical (unpaired) electrons. The quantitative estimate of drug-likeness (QED) is 0.232. The molecule has 2 aliphatic rings. The van der Waals surface area contributed by atoms with Crippen LogP contribution >= 0.6 is 22.6 Å². The average molecular weight is 574 g/mol. The van der Waals surface area contributed by atoms with Crippen molar-refractivity contribution in [3.05, 3.63) is 35.7 Å². The zero-order chi connectivity index (χ0) is 23.4. The van der Waals surface area contributed by atoms with Gasteiger partial charge in [0, 0.05) is 3.92 Å². The summed E-state index contributed by atoms with van der Waals surface area (Å²) in [5.41, 5.74) is 0. The van der Waals surface area contributed by atoms with E-state index in [-0.39, 0.29) is 23.5 Å². The number of hydrogen-bond acceptors (Lipinski definition) is 2. The van der Waals surface area contributed by atoms with Crippen LogP contribution in [-0.2, 0) is 0 Å². The lowest BCUT2D eigenvalue weighted by Gasteiger charge is -2.31. The van der Waals surface area contributed by atoms with Crippen molar-refractivity contribution >= 4 is 33.4 Å². The molecule has 2 aromatic rings. The molecule has 6 heteroatoms. The van der Waals surface area contributed by atoms with Crippen LogP contribution in [0.3, 0.4) is 0 Å². The Hall–Kier alpha value is -1.18. The first-order chi connectivity index (χ1) is 16.0. The number of benzene rings is 2. The van der Waals surface area contributed by atoms with E-state index >= 15 is 0 Å². The predicted molar refractivity (Wildman–Crippen MR) is 135 cm³/mol. The van der Waals surface area contributed by atoms with E-state index in [1.165, 1.54) is 69.6 Å². The number of alkyl halides is 1. The number of halogens is 4. The van der Waals surface area contributed by atoms with E-state index in [0.29, 0.717) is 12.5 Å². The summed E-state index contributed by atoms with van der Waals surface area (Å²) >= 11 is 2.59. The maximum absolute atomic E-state index is 14.7.